The fourth-order valence-corrected chi connectivity index (χ4v) is 2.20. The molecule has 1 aromatic carbocycles. The lowest BCUT2D eigenvalue weighted by molar-refractivity contribution is -0.140. The molecule has 0 aromatic heterocycles. The van der Waals surface area contributed by atoms with Gasteiger partial charge in [0.1, 0.15) is 6.54 Å². The minimum atomic E-state index is -4.47. The van der Waals surface area contributed by atoms with Crippen LogP contribution in [0.1, 0.15) is 17.3 Å². The van der Waals surface area contributed by atoms with E-state index in [-0.39, 0.29) is 17.0 Å². The first-order valence-electron chi connectivity index (χ1n) is 5.70. The van der Waals surface area contributed by atoms with E-state index < -0.39 is 28.5 Å². The summed E-state index contributed by atoms with van der Waals surface area (Å²) in [5.41, 5.74) is 0.0171. The van der Waals surface area contributed by atoms with Gasteiger partial charge in [-0.15, -0.1) is 0 Å². The topological polar surface area (TPSA) is 54.5 Å². The fraction of sp³-hybridized carbons (Fsp3) is 0.417. The zero-order chi connectivity index (χ0) is 15.6. The van der Waals surface area contributed by atoms with E-state index in [0.717, 1.165) is 6.26 Å². The van der Waals surface area contributed by atoms with Gasteiger partial charge in [0.2, 0.25) is 0 Å². The van der Waals surface area contributed by atoms with Crippen LogP contribution in [0, 0.1) is 0 Å². The molecule has 0 saturated heterocycles. The third-order valence-corrected chi connectivity index (χ3v) is 3.70. The predicted octanol–water partition coefficient (Wildman–Crippen LogP) is 2.11. The summed E-state index contributed by atoms with van der Waals surface area (Å²) >= 11 is 0. The van der Waals surface area contributed by atoms with Crippen molar-refractivity contribution in [3.05, 3.63) is 29.8 Å². The maximum atomic E-state index is 12.3. The van der Waals surface area contributed by atoms with Crippen LogP contribution in [0.3, 0.4) is 0 Å². The summed E-state index contributed by atoms with van der Waals surface area (Å²) in [6, 6.07) is 4.81. The van der Waals surface area contributed by atoms with Gasteiger partial charge in [-0.05, 0) is 31.2 Å². The van der Waals surface area contributed by atoms with Gasteiger partial charge in [0.05, 0.1) is 4.90 Å². The fourth-order valence-electron chi connectivity index (χ4n) is 1.57. The molecule has 112 valence electrons. The Kier molecular flexibility index (Phi) is 4.80. The van der Waals surface area contributed by atoms with Crippen LogP contribution in [-0.2, 0) is 9.84 Å². The van der Waals surface area contributed by atoms with E-state index in [2.05, 4.69) is 0 Å². The van der Waals surface area contributed by atoms with E-state index in [0.29, 0.717) is 4.90 Å². The molecule has 0 atom stereocenters. The number of benzene rings is 1. The van der Waals surface area contributed by atoms with E-state index in [4.69, 9.17) is 0 Å². The van der Waals surface area contributed by atoms with Gasteiger partial charge < -0.3 is 4.90 Å². The van der Waals surface area contributed by atoms with Gasteiger partial charge in [-0.3, -0.25) is 4.79 Å². The van der Waals surface area contributed by atoms with Crippen molar-refractivity contribution in [3.8, 4) is 0 Å². The lowest BCUT2D eigenvalue weighted by Gasteiger charge is -2.22. The molecule has 8 heteroatoms. The molecule has 0 fully saturated rings. The van der Waals surface area contributed by atoms with E-state index in [1.54, 1.807) is 0 Å². The molecule has 0 aliphatic carbocycles. The van der Waals surface area contributed by atoms with Gasteiger partial charge in [-0.1, -0.05) is 0 Å². The number of halogens is 3. The van der Waals surface area contributed by atoms with E-state index >= 15 is 0 Å². The number of alkyl halides is 3. The Morgan fingerprint density at radius 3 is 2.05 bits per heavy atom. The van der Waals surface area contributed by atoms with Gasteiger partial charge in [-0.2, -0.15) is 13.2 Å². The van der Waals surface area contributed by atoms with E-state index in [1.165, 1.54) is 31.2 Å². The van der Waals surface area contributed by atoms with Gasteiger partial charge >= 0.3 is 6.18 Å². The first-order valence-corrected chi connectivity index (χ1v) is 7.60. The van der Waals surface area contributed by atoms with Gasteiger partial charge in [-0.25, -0.2) is 8.42 Å². The first kappa shape index (κ1) is 16.5. The van der Waals surface area contributed by atoms with Crippen LogP contribution in [0.25, 0.3) is 0 Å². The third kappa shape index (κ3) is 4.52. The van der Waals surface area contributed by atoms with Crippen molar-refractivity contribution >= 4 is 15.7 Å². The average molecular weight is 309 g/mol. The second-order valence-corrected chi connectivity index (χ2v) is 6.25. The average Bonchev–Trinajstić information content (AvgIpc) is 2.33. The van der Waals surface area contributed by atoms with Gasteiger partial charge in [0.15, 0.2) is 9.84 Å². The summed E-state index contributed by atoms with van der Waals surface area (Å²) in [5.74, 6) is -0.787. The minimum Gasteiger partial charge on any atom is -0.330 e. The monoisotopic (exact) mass is 309 g/mol. The van der Waals surface area contributed by atoms with Crippen molar-refractivity contribution in [3.63, 3.8) is 0 Å². The van der Waals surface area contributed by atoms with Crippen LogP contribution < -0.4 is 0 Å². The Balaban J connectivity index is 2.97. The molecule has 0 aliphatic rings. The largest absolute Gasteiger partial charge is 0.406 e. The lowest BCUT2D eigenvalue weighted by Crippen LogP contribution is -2.38. The Labute approximate surface area is 115 Å². The van der Waals surface area contributed by atoms with Crippen molar-refractivity contribution in [1.82, 2.24) is 4.90 Å². The second-order valence-electron chi connectivity index (χ2n) is 4.23. The number of rotatable bonds is 4. The summed E-state index contributed by atoms with van der Waals surface area (Å²) in [7, 11) is -3.40. The first-order chi connectivity index (χ1) is 9.04. The molecule has 1 aromatic rings. The smallest absolute Gasteiger partial charge is 0.330 e. The number of nitrogens with zero attached hydrogens (tertiary/aromatic N) is 1. The minimum absolute atomic E-state index is 0.00733. The Morgan fingerprint density at radius 1 is 1.20 bits per heavy atom. The van der Waals surface area contributed by atoms with Crippen molar-refractivity contribution in [2.45, 2.75) is 18.0 Å². The molecule has 0 aliphatic heterocycles. The maximum absolute atomic E-state index is 12.3. The number of sulfone groups is 1. The van der Waals surface area contributed by atoms with Crippen LogP contribution in [0.5, 0.6) is 0 Å². The maximum Gasteiger partial charge on any atom is 0.406 e. The van der Waals surface area contributed by atoms with Crippen LogP contribution in [-0.4, -0.2) is 44.7 Å². The number of carbonyl (C=O) groups excluding carboxylic acids is 1. The Hall–Kier alpha value is -1.57. The van der Waals surface area contributed by atoms with Crippen molar-refractivity contribution in [2.24, 2.45) is 0 Å². The van der Waals surface area contributed by atoms with Gasteiger partial charge in [0.25, 0.3) is 5.91 Å². The van der Waals surface area contributed by atoms with Crippen LogP contribution in [0.2, 0.25) is 0 Å². The lowest BCUT2D eigenvalue weighted by atomic mass is 10.2. The standard InChI is InChI=1S/C12H14F3NO3S/c1-3-16(8-12(13,14)15)11(17)9-4-6-10(7-5-9)20(2,18)19/h4-7H,3,8H2,1-2H3. The molecular formula is C12H14F3NO3S. The van der Waals surface area contributed by atoms with Crippen molar-refractivity contribution in [2.75, 3.05) is 19.3 Å². The third-order valence-electron chi connectivity index (χ3n) is 2.57. The predicted molar refractivity (Wildman–Crippen MR) is 67.2 cm³/mol. The normalized spacial score (nSPS) is 12.2. The number of carbonyl (C=O) groups is 1. The molecule has 0 saturated carbocycles. The summed E-state index contributed by atoms with van der Waals surface area (Å²) in [6.07, 6.45) is -3.47. The molecular weight excluding hydrogens is 295 g/mol. The van der Waals surface area contributed by atoms with E-state index in [9.17, 15) is 26.4 Å². The molecule has 0 N–H and O–H groups in total. The number of hydrogen-bond acceptors (Lipinski definition) is 3. The van der Waals surface area contributed by atoms with Crippen LogP contribution >= 0.6 is 0 Å². The Morgan fingerprint density at radius 2 is 1.70 bits per heavy atom. The highest BCUT2D eigenvalue weighted by Crippen LogP contribution is 2.18. The molecule has 1 rings (SSSR count). The summed E-state index contributed by atoms with van der Waals surface area (Å²) in [4.78, 5) is 12.5. The number of hydrogen-bond donors (Lipinski definition) is 0. The molecule has 0 unspecified atom stereocenters. The molecule has 0 spiro atoms. The van der Waals surface area contributed by atoms with Gasteiger partial charge in [0, 0.05) is 18.4 Å². The van der Waals surface area contributed by atoms with Crippen molar-refractivity contribution in [1.29, 1.82) is 0 Å². The zero-order valence-corrected chi connectivity index (χ0v) is 11.8. The molecule has 1 amide bonds. The summed E-state index contributed by atoms with van der Waals surface area (Å²) in [6.45, 7) is 0.0108. The molecule has 20 heavy (non-hydrogen) atoms. The van der Waals surface area contributed by atoms with Crippen LogP contribution in [0.4, 0.5) is 13.2 Å². The highest BCUT2D eigenvalue weighted by molar-refractivity contribution is 7.90. The summed E-state index contributed by atoms with van der Waals surface area (Å²) in [5, 5.41) is 0. The van der Waals surface area contributed by atoms with E-state index in [1.807, 2.05) is 0 Å². The van der Waals surface area contributed by atoms with Crippen molar-refractivity contribution < 1.29 is 26.4 Å². The second kappa shape index (κ2) is 5.82. The zero-order valence-electron chi connectivity index (χ0n) is 10.9. The summed E-state index contributed by atoms with van der Waals surface area (Å²) < 4.78 is 59.4. The molecule has 0 heterocycles. The number of amides is 1. The molecule has 4 nitrogen and oxygen atoms in total. The SMILES string of the molecule is CCN(CC(F)(F)F)C(=O)c1ccc(S(C)(=O)=O)cc1. The van der Waals surface area contributed by atoms with Crippen LogP contribution in [0.15, 0.2) is 29.2 Å². The highest BCUT2D eigenvalue weighted by atomic mass is 32.2. The molecule has 0 bridgehead atoms. The molecule has 0 radical (unpaired) electrons. The highest BCUT2D eigenvalue weighted by Gasteiger charge is 2.32. The quantitative estimate of drug-likeness (QED) is 0.856. The Bertz CT molecular complexity index is 579.